The smallest absolute Gasteiger partial charge is 0.253 e. The molecule has 4 nitrogen and oxygen atoms in total. The second-order valence-corrected chi connectivity index (χ2v) is 5.71. The normalized spacial score (nSPS) is 14.0. The highest BCUT2D eigenvalue weighted by atomic mass is 16.5. The molecule has 4 heteroatoms. The minimum atomic E-state index is -0.0395. The Bertz CT molecular complexity index is 781. The van der Waals surface area contributed by atoms with Crippen molar-refractivity contribution in [3.63, 3.8) is 0 Å². The fourth-order valence-corrected chi connectivity index (χ4v) is 2.70. The van der Waals surface area contributed by atoms with E-state index in [9.17, 15) is 4.79 Å². The van der Waals surface area contributed by atoms with Crippen molar-refractivity contribution in [2.24, 2.45) is 0 Å². The number of para-hydroxylation sites is 2. The highest BCUT2D eigenvalue weighted by molar-refractivity contribution is 6.06. The standard InChI is InChI=1S/C19H20N2O2/c1-13-8-9-14(2)16(10-13)20-15-11-19(22)21(12-15)17-6-4-5-7-18(17)23-3/h4-11,20H,12H2,1-3H3. The predicted molar refractivity (Wildman–Crippen MR) is 93.0 cm³/mol. The zero-order valence-corrected chi connectivity index (χ0v) is 13.6. The molecular weight excluding hydrogens is 288 g/mol. The zero-order chi connectivity index (χ0) is 16.4. The van der Waals surface area contributed by atoms with Crippen LogP contribution >= 0.6 is 0 Å². The van der Waals surface area contributed by atoms with E-state index in [1.165, 1.54) is 5.56 Å². The van der Waals surface area contributed by atoms with Crippen molar-refractivity contribution >= 4 is 17.3 Å². The molecule has 0 unspecified atom stereocenters. The highest BCUT2D eigenvalue weighted by Crippen LogP contribution is 2.31. The lowest BCUT2D eigenvalue weighted by Crippen LogP contribution is -2.26. The lowest BCUT2D eigenvalue weighted by molar-refractivity contribution is -0.113. The Morgan fingerprint density at radius 2 is 1.91 bits per heavy atom. The molecule has 0 aliphatic carbocycles. The molecule has 2 aromatic rings. The molecule has 1 amide bonds. The molecular formula is C19H20N2O2. The van der Waals surface area contributed by atoms with Crippen molar-refractivity contribution in [3.8, 4) is 5.75 Å². The topological polar surface area (TPSA) is 41.6 Å². The number of methoxy groups -OCH3 is 1. The first-order chi connectivity index (χ1) is 11.1. The van der Waals surface area contributed by atoms with Gasteiger partial charge < -0.3 is 10.1 Å². The summed E-state index contributed by atoms with van der Waals surface area (Å²) in [6.45, 7) is 4.61. The Kier molecular flexibility index (Phi) is 4.06. The van der Waals surface area contributed by atoms with Gasteiger partial charge in [-0.1, -0.05) is 24.3 Å². The molecule has 0 fully saturated rings. The maximum atomic E-state index is 12.3. The average Bonchev–Trinajstić information content (AvgIpc) is 2.91. The van der Waals surface area contributed by atoms with Crippen molar-refractivity contribution in [2.75, 3.05) is 23.9 Å². The van der Waals surface area contributed by atoms with E-state index in [1.54, 1.807) is 18.1 Å². The molecule has 0 aromatic heterocycles. The summed E-state index contributed by atoms with van der Waals surface area (Å²) in [4.78, 5) is 14.1. The first-order valence-electron chi connectivity index (χ1n) is 7.58. The summed E-state index contributed by atoms with van der Waals surface area (Å²) in [5.74, 6) is 0.657. The SMILES string of the molecule is COc1ccccc1N1CC(Nc2cc(C)ccc2C)=CC1=O. The number of ether oxygens (including phenoxy) is 1. The van der Waals surface area contributed by atoms with Gasteiger partial charge in [-0.2, -0.15) is 0 Å². The number of carbonyl (C=O) groups excluding carboxylic acids is 1. The molecule has 118 valence electrons. The zero-order valence-electron chi connectivity index (χ0n) is 13.6. The van der Waals surface area contributed by atoms with Gasteiger partial charge in [0.2, 0.25) is 0 Å². The molecule has 1 aliphatic heterocycles. The Balaban J connectivity index is 1.82. The van der Waals surface area contributed by atoms with Crippen LogP contribution in [0.5, 0.6) is 5.75 Å². The molecule has 0 saturated carbocycles. The summed E-state index contributed by atoms with van der Waals surface area (Å²) in [6, 6.07) is 13.8. The summed E-state index contributed by atoms with van der Waals surface area (Å²) >= 11 is 0. The van der Waals surface area contributed by atoms with Gasteiger partial charge in [0.1, 0.15) is 5.75 Å². The number of amides is 1. The number of aryl methyl sites for hydroxylation is 2. The molecule has 0 spiro atoms. The summed E-state index contributed by atoms with van der Waals surface area (Å²) < 4.78 is 5.36. The average molecular weight is 308 g/mol. The van der Waals surface area contributed by atoms with Gasteiger partial charge in [-0.3, -0.25) is 9.69 Å². The second kappa shape index (κ2) is 6.16. The summed E-state index contributed by atoms with van der Waals surface area (Å²) in [6.07, 6.45) is 1.65. The summed E-state index contributed by atoms with van der Waals surface area (Å²) in [5.41, 5.74) is 5.04. The van der Waals surface area contributed by atoms with E-state index in [1.807, 2.05) is 24.3 Å². The number of rotatable bonds is 4. The number of hydrogen-bond donors (Lipinski definition) is 1. The molecule has 0 bridgehead atoms. The first kappa shape index (κ1) is 15.2. The summed E-state index contributed by atoms with van der Waals surface area (Å²) in [7, 11) is 1.61. The van der Waals surface area contributed by atoms with Gasteiger partial charge in [-0.25, -0.2) is 0 Å². The molecule has 2 aromatic carbocycles. The monoisotopic (exact) mass is 308 g/mol. The molecule has 23 heavy (non-hydrogen) atoms. The van der Waals surface area contributed by atoms with Crippen LogP contribution in [0.2, 0.25) is 0 Å². The van der Waals surface area contributed by atoms with E-state index in [0.717, 1.165) is 22.6 Å². The number of benzene rings is 2. The van der Waals surface area contributed by atoms with Crippen LogP contribution in [0.15, 0.2) is 54.2 Å². The second-order valence-electron chi connectivity index (χ2n) is 5.71. The predicted octanol–water partition coefficient (Wildman–Crippen LogP) is 3.65. The molecule has 3 rings (SSSR count). The largest absolute Gasteiger partial charge is 0.495 e. The van der Waals surface area contributed by atoms with Crippen molar-refractivity contribution in [3.05, 3.63) is 65.4 Å². The van der Waals surface area contributed by atoms with Crippen LogP contribution in [-0.2, 0) is 4.79 Å². The van der Waals surface area contributed by atoms with E-state index in [0.29, 0.717) is 12.3 Å². The molecule has 1 aliphatic rings. The Hall–Kier alpha value is -2.75. The third kappa shape index (κ3) is 3.06. The lowest BCUT2D eigenvalue weighted by Gasteiger charge is -2.20. The highest BCUT2D eigenvalue weighted by Gasteiger charge is 2.25. The van der Waals surface area contributed by atoms with E-state index in [2.05, 4.69) is 37.4 Å². The van der Waals surface area contributed by atoms with Crippen LogP contribution in [-0.4, -0.2) is 19.6 Å². The number of carbonyl (C=O) groups is 1. The maximum Gasteiger partial charge on any atom is 0.253 e. The lowest BCUT2D eigenvalue weighted by atomic mass is 10.1. The van der Waals surface area contributed by atoms with E-state index >= 15 is 0 Å². The third-order valence-corrected chi connectivity index (χ3v) is 3.96. The van der Waals surface area contributed by atoms with E-state index in [4.69, 9.17) is 4.74 Å². The molecule has 0 radical (unpaired) electrons. The van der Waals surface area contributed by atoms with Gasteiger partial charge in [-0.15, -0.1) is 0 Å². The fourth-order valence-electron chi connectivity index (χ4n) is 2.70. The summed E-state index contributed by atoms with van der Waals surface area (Å²) in [5, 5.41) is 3.38. The number of nitrogens with one attached hydrogen (secondary N) is 1. The molecule has 0 atom stereocenters. The van der Waals surface area contributed by atoms with Gasteiger partial charge in [0.15, 0.2) is 0 Å². The third-order valence-electron chi connectivity index (χ3n) is 3.96. The fraction of sp³-hybridized carbons (Fsp3) is 0.211. The van der Waals surface area contributed by atoms with Crippen molar-refractivity contribution in [2.45, 2.75) is 13.8 Å². The van der Waals surface area contributed by atoms with Gasteiger partial charge in [0, 0.05) is 17.5 Å². The van der Waals surface area contributed by atoms with Crippen LogP contribution < -0.4 is 15.0 Å². The first-order valence-corrected chi connectivity index (χ1v) is 7.58. The van der Waals surface area contributed by atoms with Crippen molar-refractivity contribution in [1.82, 2.24) is 0 Å². The number of hydrogen-bond acceptors (Lipinski definition) is 3. The maximum absolute atomic E-state index is 12.3. The minimum absolute atomic E-state index is 0.0395. The van der Waals surface area contributed by atoms with Gasteiger partial charge in [0.25, 0.3) is 5.91 Å². The molecule has 0 saturated heterocycles. The van der Waals surface area contributed by atoms with Crippen LogP contribution in [0, 0.1) is 13.8 Å². The molecule has 1 heterocycles. The Labute approximate surface area is 136 Å². The van der Waals surface area contributed by atoms with Gasteiger partial charge in [-0.05, 0) is 43.2 Å². The number of nitrogens with zero attached hydrogens (tertiary/aromatic N) is 1. The van der Waals surface area contributed by atoms with Crippen molar-refractivity contribution in [1.29, 1.82) is 0 Å². The minimum Gasteiger partial charge on any atom is -0.495 e. The number of anilines is 2. The van der Waals surface area contributed by atoms with Gasteiger partial charge in [0.05, 0.1) is 19.3 Å². The Morgan fingerprint density at radius 1 is 1.13 bits per heavy atom. The van der Waals surface area contributed by atoms with Crippen molar-refractivity contribution < 1.29 is 9.53 Å². The van der Waals surface area contributed by atoms with Crippen LogP contribution in [0.25, 0.3) is 0 Å². The van der Waals surface area contributed by atoms with Gasteiger partial charge >= 0.3 is 0 Å². The van der Waals surface area contributed by atoms with E-state index in [-0.39, 0.29) is 5.91 Å². The Morgan fingerprint density at radius 3 is 2.70 bits per heavy atom. The van der Waals surface area contributed by atoms with Crippen LogP contribution in [0.4, 0.5) is 11.4 Å². The van der Waals surface area contributed by atoms with Crippen LogP contribution in [0.1, 0.15) is 11.1 Å². The quantitative estimate of drug-likeness (QED) is 0.937. The van der Waals surface area contributed by atoms with E-state index < -0.39 is 0 Å². The van der Waals surface area contributed by atoms with Crippen LogP contribution in [0.3, 0.4) is 0 Å². The molecule has 1 N–H and O–H groups in total.